The molecule has 2 heterocycles. The van der Waals surface area contributed by atoms with Crippen molar-refractivity contribution in [2.45, 2.75) is 32.4 Å². The second-order valence-electron chi connectivity index (χ2n) is 4.49. The summed E-state index contributed by atoms with van der Waals surface area (Å²) in [6, 6.07) is 3.01. The molecule has 1 aromatic rings. The zero-order chi connectivity index (χ0) is 13.3. The van der Waals surface area contributed by atoms with Gasteiger partial charge in [-0.2, -0.15) is 0 Å². The van der Waals surface area contributed by atoms with Gasteiger partial charge < -0.3 is 5.32 Å². The average Bonchev–Trinajstić information content (AvgIpc) is 2.54. The largest absolute Gasteiger partial charge is 0.325 e. The summed E-state index contributed by atoms with van der Waals surface area (Å²) in [6.07, 6.45) is 2.11. The van der Waals surface area contributed by atoms with Crippen LogP contribution >= 0.6 is 11.6 Å². The molecule has 1 fully saturated rings. The van der Waals surface area contributed by atoms with Gasteiger partial charge in [-0.1, -0.05) is 18.5 Å². The van der Waals surface area contributed by atoms with Crippen molar-refractivity contribution in [3.05, 3.63) is 29.0 Å². The van der Waals surface area contributed by atoms with E-state index in [-0.39, 0.29) is 18.5 Å². The molecule has 0 bridgehead atoms. The highest BCUT2D eigenvalue weighted by Gasteiger charge is 2.46. The van der Waals surface area contributed by atoms with Gasteiger partial charge in [0, 0.05) is 6.20 Å². The van der Waals surface area contributed by atoms with Crippen LogP contribution in [0.25, 0.3) is 0 Å². The summed E-state index contributed by atoms with van der Waals surface area (Å²) < 4.78 is 0. The number of amides is 3. The molecule has 0 saturated carbocycles. The average molecular weight is 268 g/mol. The fourth-order valence-electron chi connectivity index (χ4n) is 1.85. The van der Waals surface area contributed by atoms with Gasteiger partial charge >= 0.3 is 6.03 Å². The van der Waals surface area contributed by atoms with Crippen LogP contribution in [0.4, 0.5) is 4.79 Å². The van der Waals surface area contributed by atoms with E-state index in [0.29, 0.717) is 11.6 Å². The van der Waals surface area contributed by atoms with Crippen LogP contribution in [0.2, 0.25) is 5.15 Å². The Hall–Kier alpha value is -1.62. The first-order valence-electron chi connectivity index (χ1n) is 5.71. The second kappa shape index (κ2) is 4.57. The van der Waals surface area contributed by atoms with Gasteiger partial charge in [-0.15, -0.1) is 0 Å². The molecule has 0 aliphatic carbocycles. The van der Waals surface area contributed by atoms with Crippen molar-refractivity contribution in [3.8, 4) is 0 Å². The third kappa shape index (κ3) is 2.18. The Kier molecular flexibility index (Phi) is 3.26. The Morgan fingerprint density at radius 1 is 1.50 bits per heavy atom. The minimum atomic E-state index is -0.798. The van der Waals surface area contributed by atoms with E-state index in [2.05, 4.69) is 10.3 Å². The number of nitrogens with one attached hydrogen (secondary N) is 1. The third-order valence-electron chi connectivity index (χ3n) is 3.18. The van der Waals surface area contributed by atoms with Gasteiger partial charge in [0.15, 0.2) is 0 Å². The molecule has 0 radical (unpaired) electrons. The fourth-order valence-corrected chi connectivity index (χ4v) is 2.05. The molecular weight excluding hydrogens is 254 g/mol. The minimum absolute atomic E-state index is 0.206. The summed E-state index contributed by atoms with van der Waals surface area (Å²) in [5.41, 5.74) is -0.0210. The van der Waals surface area contributed by atoms with Gasteiger partial charge in [0.1, 0.15) is 10.7 Å². The van der Waals surface area contributed by atoms with Crippen molar-refractivity contribution in [1.82, 2.24) is 15.2 Å². The summed E-state index contributed by atoms with van der Waals surface area (Å²) in [7, 11) is 0. The Morgan fingerprint density at radius 3 is 2.78 bits per heavy atom. The molecule has 1 atom stereocenters. The van der Waals surface area contributed by atoms with Crippen molar-refractivity contribution < 1.29 is 9.59 Å². The molecule has 2 rings (SSSR count). The lowest BCUT2D eigenvalue weighted by Crippen LogP contribution is -2.43. The van der Waals surface area contributed by atoms with Crippen molar-refractivity contribution in [3.63, 3.8) is 0 Å². The Morgan fingerprint density at radius 2 is 2.22 bits per heavy atom. The van der Waals surface area contributed by atoms with Crippen molar-refractivity contribution >= 4 is 23.5 Å². The molecule has 1 saturated heterocycles. The van der Waals surface area contributed by atoms with E-state index in [4.69, 9.17) is 11.6 Å². The predicted octanol–water partition coefficient (Wildman–Crippen LogP) is 1.96. The smallest absolute Gasteiger partial charge is 0.323 e. The van der Waals surface area contributed by atoms with E-state index >= 15 is 0 Å². The Labute approximate surface area is 110 Å². The first kappa shape index (κ1) is 12.8. The first-order chi connectivity index (χ1) is 8.46. The highest BCUT2D eigenvalue weighted by atomic mass is 35.5. The van der Waals surface area contributed by atoms with E-state index in [1.54, 1.807) is 25.3 Å². The van der Waals surface area contributed by atoms with Crippen LogP contribution in [0.5, 0.6) is 0 Å². The van der Waals surface area contributed by atoms with E-state index in [0.717, 1.165) is 5.56 Å². The zero-order valence-electron chi connectivity index (χ0n) is 10.2. The fraction of sp³-hybridized carbons (Fsp3) is 0.417. The van der Waals surface area contributed by atoms with Gasteiger partial charge in [-0.25, -0.2) is 9.78 Å². The lowest BCUT2D eigenvalue weighted by atomic mass is 9.99. The molecule has 96 valence electrons. The molecule has 5 nitrogen and oxygen atoms in total. The monoisotopic (exact) mass is 267 g/mol. The number of aromatic nitrogens is 1. The van der Waals surface area contributed by atoms with Crippen LogP contribution in [0.15, 0.2) is 18.3 Å². The zero-order valence-corrected chi connectivity index (χ0v) is 11.0. The molecule has 1 N–H and O–H groups in total. The Bertz CT molecular complexity index is 506. The summed E-state index contributed by atoms with van der Waals surface area (Å²) in [5.74, 6) is -0.206. The summed E-state index contributed by atoms with van der Waals surface area (Å²) in [5, 5.41) is 3.05. The van der Waals surface area contributed by atoms with Gasteiger partial charge in [-0.05, 0) is 31.0 Å². The van der Waals surface area contributed by atoms with E-state index in [9.17, 15) is 9.59 Å². The maximum Gasteiger partial charge on any atom is 0.325 e. The SMILES string of the molecule is CCC1(C)NC(=O)N(Cc2ccnc(Cl)c2)C1=O. The normalized spacial score (nSPS) is 23.4. The molecule has 3 amide bonds. The summed E-state index contributed by atoms with van der Waals surface area (Å²) >= 11 is 5.77. The maximum absolute atomic E-state index is 12.2. The molecule has 1 aromatic heterocycles. The Balaban J connectivity index is 2.20. The van der Waals surface area contributed by atoms with E-state index in [1.165, 1.54) is 4.90 Å². The molecule has 0 spiro atoms. The van der Waals surface area contributed by atoms with Crippen molar-refractivity contribution in [1.29, 1.82) is 0 Å². The molecular formula is C12H14ClN3O2. The summed E-state index contributed by atoms with van der Waals surface area (Å²) in [4.78, 5) is 29.0. The van der Waals surface area contributed by atoms with E-state index < -0.39 is 5.54 Å². The number of carbonyl (C=O) groups is 2. The van der Waals surface area contributed by atoms with Gasteiger partial charge in [-0.3, -0.25) is 9.69 Å². The molecule has 6 heteroatoms. The van der Waals surface area contributed by atoms with Crippen LogP contribution in [0.3, 0.4) is 0 Å². The lowest BCUT2D eigenvalue weighted by molar-refractivity contribution is -0.131. The quantitative estimate of drug-likeness (QED) is 0.673. The topological polar surface area (TPSA) is 62.3 Å². The lowest BCUT2D eigenvalue weighted by Gasteiger charge is -2.19. The van der Waals surface area contributed by atoms with Gasteiger partial charge in [0.25, 0.3) is 5.91 Å². The number of pyridine rings is 1. The first-order valence-corrected chi connectivity index (χ1v) is 6.08. The number of imide groups is 1. The van der Waals surface area contributed by atoms with Crippen LogP contribution in [0, 0.1) is 0 Å². The number of carbonyl (C=O) groups excluding carboxylic acids is 2. The van der Waals surface area contributed by atoms with E-state index in [1.807, 2.05) is 6.92 Å². The van der Waals surface area contributed by atoms with Crippen LogP contribution < -0.4 is 5.32 Å². The number of rotatable bonds is 3. The third-order valence-corrected chi connectivity index (χ3v) is 3.39. The van der Waals surface area contributed by atoms with Crippen LogP contribution in [-0.2, 0) is 11.3 Å². The van der Waals surface area contributed by atoms with Gasteiger partial charge in [0.05, 0.1) is 6.54 Å². The highest BCUT2D eigenvalue weighted by Crippen LogP contribution is 2.22. The number of halogens is 1. The molecule has 1 aliphatic rings. The molecule has 1 unspecified atom stereocenters. The number of urea groups is 1. The minimum Gasteiger partial charge on any atom is -0.323 e. The standard InChI is InChI=1S/C12H14ClN3O2/c1-3-12(2)10(17)16(11(18)15-12)7-8-4-5-14-9(13)6-8/h4-6H,3,7H2,1-2H3,(H,15,18). The summed E-state index contributed by atoms with van der Waals surface area (Å²) in [6.45, 7) is 3.81. The number of hydrogen-bond donors (Lipinski definition) is 1. The van der Waals surface area contributed by atoms with Gasteiger partial charge in [0.2, 0.25) is 0 Å². The highest BCUT2D eigenvalue weighted by molar-refractivity contribution is 6.29. The number of nitrogens with zero attached hydrogens (tertiary/aromatic N) is 2. The number of hydrogen-bond acceptors (Lipinski definition) is 3. The predicted molar refractivity (Wildman–Crippen MR) is 67.0 cm³/mol. The second-order valence-corrected chi connectivity index (χ2v) is 4.88. The van der Waals surface area contributed by atoms with Crippen molar-refractivity contribution in [2.75, 3.05) is 0 Å². The molecule has 18 heavy (non-hydrogen) atoms. The van der Waals surface area contributed by atoms with Crippen molar-refractivity contribution in [2.24, 2.45) is 0 Å². The van der Waals surface area contributed by atoms with Crippen LogP contribution in [0.1, 0.15) is 25.8 Å². The molecule has 1 aliphatic heterocycles. The van der Waals surface area contributed by atoms with Crippen LogP contribution in [-0.4, -0.2) is 27.4 Å². The molecule has 0 aromatic carbocycles. The maximum atomic E-state index is 12.2.